The normalized spacial score (nSPS) is 15.1. The number of ether oxygens (including phenoxy) is 1. The fourth-order valence-corrected chi connectivity index (χ4v) is 3.39. The minimum Gasteiger partial charge on any atom is -0.496 e. The smallest absolute Gasteiger partial charge is 0.225 e. The molecule has 130 valence electrons. The third-order valence-corrected chi connectivity index (χ3v) is 4.95. The Kier molecular flexibility index (Phi) is 4.88. The van der Waals surface area contributed by atoms with Crippen LogP contribution >= 0.6 is 0 Å². The maximum Gasteiger partial charge on any atom is 0.225 e. The predicted octanol–water partition coefficient (Wildman–Crippen LogP) is 3.64. The van der Waals surface area contributed by atoms with Crippen LogP contribution in [0.4, 0.5) is 0 Å². The number of carbonyl (C=O) groups excluding carboxylic acids is 2. The Morgan fingerprint density at radius 1 is 1.12 bits per heavy atom. The summed E-state index contributed by atoms with van der Waals surface area (Å²) in [7, 11) is 1.57. The van der Waals surface area contributed by atoms with Crippen molar-refractivity contribution in [2.45, 2.75) is 38.1 Å². The molecule has 1 fully saturated rings. The Labute approximate surface area is 148 Å². The molecule has 1 amide bonds. The van der Waals surface area contributed by atoms with Gasteiger partial charge in [0, 0.05) is 11.1 Å². The lowest BCUT2D eigenvalue weighted by Gasteiger charge is -2.43. The quantitative estimate of drug-likeness (QED) is 0.819. The number of Topliss-reactive ketones (excluding diaryl/α,β-unsaturated/α-hetero) is 1. The highest BCUT2D eigenvalue weighted by Crippen LogP contribution is 2.41. The van der Waals surface area contributed by atoms with Gasteiger partial charge in [0.2, 0.25) is 5.91 Å². The number of rotatable bonds is 6. The molecule has 0 aliphatic heterocycles. The summed E-state index contributed by atoms with van der Waals surface area (Å²) in [5.74, 6) is 0.550. The largest absolute Gasteiger partial charge is 0.496 e. The van der Waals surface area contributed by atoms with Crippen LogP contribution in [0.2, 0.25) is 0 Å². The highest BCUT2D eigenvalue weighted by Gasteiger charge is 2.39. The molecule has 1 saturated carbocycles. The SMILES string of the molecule is COc1ccc(C(C)=O)cc1CC(=O)NC1(c2ccccc2)CCC1. The Morgan fingerprint density at radius 2 is 1.84 bits per heavy atom. The lowest BCUT2D eigenvalue weighted by atomic mass is 9.71. The first-order valence-corrected chi connectivity index (χ1v) is 8.58. The summed E-state index contributed by atoms with van der Waals surface area (Å²) in [6.07, 6.45) is 3.21. The Morgan fingerprint density at radius 3 is 2.40 bits per heavy atom. The summed E-state index contributed by atoms with van der Waals surface area (Å²) in [6.45, 7) is 1.52. The van der Waals surface area contributed by atoms with Gasteiger partial charge in [0.1, 0.15) is 5.75 Å². The molecule has 0 spiro atoms. The minimum absolute atomic E-state index is 0.0240. The van der Waals surface area contributed by atoms with Crippen molar-refractivity contribution in [3.63, 3.8) is 0 Å². The van der Waals surface area contributed by atoms with E-state index in [1.54, 1.807) is 25.3 Å². The van der Waals surface area contributed by atoms with Gasteiger partial charge in [0.25, 0.3) is 0 Å². The van der Waals surface area contributed by atoms with E-state index in [1.807, 2.05) is 18.2 Å². The van der Waals surface area contributed by atoms with E-state index >= 15 is 0 Å². The van der Waals surface area contributed by atoms with Crippen molar-refractivity contribution >= 4 is 11.7 Å². The zero-order valence-corrected chi connectivity index (χ0v) is 14.7. The lowest BCUT2D eigenvalue weighted by molar-refractivity contribution is -0.123. The molecule has 1 aliphatic carbocycles. The Hall–Kier alpha value is -2.62. The van der Waals surface area contributed by atoms with Crippen LogP contribution in [0.25, 0.3) is 0 Å². The van der Waals surface area contributed by atoms with E-state index in [9.17, 15) is 9.59 Å². The zero-order chi connectivity index (χ0) is 17.9. The van der Waals surface area contributed by atoms with Gasteiger partial charge < -0.3 is 10.1 Å². The average Bonchev–Trinajstić information content (AvgIpc) is 2.58. The van der Waals surface area contributed by atoms with Crippen LogP contribution in [0.3, 0.4) is 0 Å². The second kappa shape index (κ2) is 7.09. The second-order valence-corrected chi connectivity index (χ2v) is 6.61. The van der Waals surface area contributed by atoms with Gasteiger partial charge in [-0.25, -0.2) is 0 Å². The van der Waals surface area contributed by atoms with Crippen LogP contribution in [0.5, 0.6) is 5.75 Å². The Bertz CT molecular complexity index is 779. The predicted molar refractivity (Wildman–Crippen MR) is 96.8 cm³/mol. The van der Waals surface area contributed by atoms with Gasteiger partial charge in [-0.3, -0.25) is 9.59 Å². The summed E-state index contributed by atoms with van der Waals surface area (Å²) in [5, 5.41) is 3.22. The highest BCUT2D eigenvalue weighted by atomic mass is 16.5. The van der Waals surface area contributed by atoms with Gasteiger partial charge in [-0.1, -0.05) is 30.3 Å². The van der Waals surface area contributed by atoms with Crippen molar-refractivity contribution in [2.24, 2.45) is 0 Å². The van der Waals surface area contributed by atoms with Crippen LogP contribution in [-0.2, 0) is 16.8 Å². The second-order valence-electron chi connectivity index (χ2n) is 6.61. The van der Waals surface area contributed by atoms with E-state index in [4.69, 9.17) is 4.74 Å². The summed E-state index contributed by atoms with van der Waals surface area (Å²) < 4.78 is 5.34. The van der Waals surface area contributed by atoms with Crippen LogP contribution in [0.1, 0.15) is 47.7 Å². The number of benzene rings is 2. The van der Waals surface area contributed by atoms with Crippen LogP contribution in [0, 0.1) is 0 Å². The molecule has 1 N–H and O–H groups in total. The first-order chi connectivity index (χ1) is 12.0. The minimum atomic E-state index is -0.260. The van der Waals surface area contributed by atoms with Crippen LogP contribution in [-0.4, -0.2) is 18.8 Å². The molecule has 0 unspecified atom stereocenters. The van der Waals surface area contributed by atoms with E-state index in [1.165, 1.54) is 6.92 Å². The van der Waals surface area contributed by atoms with Crippen molar-refractivity contribution in [1.82, 2.24) is 5.32 Å². The third kappa shape index (κ3) is 3.58. The first-order valence-electron chi connectivity index (χ1n) is 8.58. The van der Waals surface area contributed by atoms with Crippen molar-refractivity contribution in [1.29, 1.82) is 0 Å². The van der Waals surface area contributed by atoms with Gasteiger partial charge in [-0.05, 0) is 49.9 Å². The molecule has 0 bridgehead atoms. The molecule has 0 aromatic heterocycles. The summed E-state index contributed by atoms with van der Waals surface area (Å²) in [5.41, 5.74) is 2.21. The molecule has 2 aromatic rings. The van der Waals surface area contributed by atoms with E-state index in [-0.39, 0.29) is 23.7 Å². The van der Waals surface area contributed by atoms with Gasteiger partial charge in [-0.15, -0.1) is 0 Å². The molecule has 3 rings (SSSR count). The topological polar surface area (TPSA) is 55.4 Å². The molecule has 4 heteroatoms. The van der Waals surface area contributed by atoms with Crippen molar-refractivity contribution < 1.29 is 14.3 Å². The van der Waals surface area contributed by atoms with Gasteiger partial charge in [-0.2, -0.15) is 0 Å². The summed E-state index contributed by atoms with van der Waals surface area (Å²) in [4.78, 5) is 24.3. The number of hydrogen-bond acceptors (Lipinski definition) is 3. The molecule has 0 atom stereocenters. The Balaban J connectivity index is 1.78. The molecule has 0 heterocycles. The average molecular weight is 337 g/mol. The van der Waals surface area contributed by atoms with Crippen molar-refractivity contribution in [3.05, 3.63) is 65.2 Å². The zero-order valence-electron chi connectivity index (χ0n) is 14.7. The molecule has 25 heavy (non-hydrogen) atoms. The number of ketones is 1. The van der Waals surface area contributed by atoms with E-state index in [0.29, 0.717) is 11.3 Å². The number of nitrogens with one attached hydrogen (secondary N) is 1. The first kappa shape index (κ1) is 17.2. The number of amides is 1. The number of hydrogen-bond donors (Lipinski definition) is 1. The summed E-state index contributed by atoms with van der Waals surface area (Å²) in [6, 6.07) is 15.3. The molecule has 1 aliphatic rings. The number of methoxy groups -OCH3 is 1. The summed E-state index contributed by atoms with van der Waals surface area (Å²) >= 11 is 0. The molecule has 0 saturated heterocycles. The lowest BCUT2D eigenvalue weighted by Crippen LogP contribution is -2.51. The molecule has 2 aromatic carbocycles. The van der Waals surface area contributed by atoms with Crippen molar-refractivity contribution in [3.8, 4) is 5.75 Å². The highest BCUT2D eigenvalue weighted by molar-refractivity contribution is 5.94. The molecular formula is C21H23NO3. The fourth-order valence-electron chi connectivity index (χ4n) is 3.39. The molecular weight excluding hydrogens is 314 g/mol. The van der Waals surface area contributed by atoms with Crippen LogP contribution < -0.4 is 10.1 Å². The van der Waals surface area contributed by atoms with Crippen molar-refractivity contribution in [2.75, 3.05) is 7.11 Å². The standard InChI is InChI=1S/C21H23NO3/c1-15(23)16-9-10-19(25-2)17(13-16)14-20(24)22-21(11-6-12-21)18-7-4-3-5-8-18/h3-5,7-10,13H,6,11-12,14H2,1-2H3,(H,22,24). The molecule has 4 nitrogen and oxygen atoms in total. The van der Waals surface area contributed by atoms with E-state index in [0.717, 1.165) is 30.4 Å². The van der Waals surface area contributed by atoms with E-state index < -0.39 is 0 Å². The third-order valence-electron chi connectivity index (χ3n) is 4.95. The number of carbonyl (C=O) groups is 2. The monoisotopic (exact) mass is 337 g/mol. The van der Waals surface area contributed by atoms with Crippen LogP contribution in [0.15, 0.2) is 48.5 Å². The van der Waals surface area contributed by atoms with Gasteiger partial charge >= 0.3 is 0 Å². The van der Waals surface area contributed by atoms with Gasteiger partial charge in [0.15, 0.2) is 5.78 Å². The molecule has 0 radical (unpaired) electrons. The van der Waals surface area contributed by atoms with Gasteiger partial charge in [0.05, 0.1) is 19.1 Å². The fraction of sp³-hybridized carbons (Fsp3) is 0.333. The maximum absolute atomic E-state index is 12.7. The maximum atomic E-state index is 12.7. The van der Waals surface area contributed by atoms with E-state index in [2.05, 4.69) is 17.4 Å².